The monoisotopic (exact) mass is 279 g/mol. The highest BCUT2D eigenvalue weighted by molar-refractivity contribution is 5.48. The average molecular weight is 279 g/mol. The number of hydrogen-bond acceptors (Lipinski definition) is 4. The van der Waals surface area contributed by atoms with Crippen molar-refractivity contribution in [3.63, 3.8) is 0 Å². The van der Waals surface area contributed by atoms with Gasteiger partial charge in [0.25, 0.3) is 0 Å². The average Bonchev–Trinajstić information content (AvgIpc) is 2.38. The topological polar surface area (TPSA) is 47.0 Å². The summed E-state index contributed by atoms with van der Waals surface area (Å²) in [6.45, 7) is 14.3. The Kier molecular flexibility index (Phi) is 6.76. The lowest BCUT2D eigenvalue weighted by Crippen LogP contribution is -2.11. The van der Waals surface area contributed by atoms with Gasteiger partial charge in [-0.05, 0) is 32.6 Å². The van der Waals surface area contributed by atoms with Crippen LogP contribution in [0.2, 0.25) is 0 Å². The van der Waals surface area contributed by atoms with Crippen molar-refractivity contribution < 1.29 is 4.74 Å². The molecule has 0 aliphatic carbocycles. The van der Waals surface area contributed by atoms with Gasteiger partial charge in [-0.25, -0.2) is 4.98 Å². The molecule has 1 heterocycles. The van der Waals surface area contributed by atoms with Crippen molar-refractivity contribution in [3.05, 3.63) is 11.4 Å². The third-order valence-corrected chi connectivity index (χ3v) is 3.14. The van der Waals surface area contributed by atoms with Gasteiger partial charge in [0.1, 0.15) is 11.6 Å². The van der Waals surface area contributed by atoms with Crippen molar-refractivity contribution in [3.8, 4) is 5.88 Å². The Hall–Kier alpha value is -1.32. The molecule has 4 heteroatoms. The van der Waals surface area contributed by atoms with Crippen molar-refractivity contribution >= 4 is 5.82 Å². The largest absolute Gasteiger partial charge is 0.477 e. The predicted molar refractivity (Wildman–Crippen MR) is 84.6 cm³/mol. The molecule has 0 atom stereocenters. The maximum atomic E-state index is 5.87. The molecule has 1 aromatic rings. The van der Waals surface area contributed by atoms with E-state index in [1.54, 1.807) is 0 Å². The van der Waals surface area contributed by atoms with Gasteiger partial charge in [-0.2, -0.15) is 4.98 Å². The highest BCUT2D eigenvalue weighted by Gasteiger charge is 2.13. The van der Waals surface area contributed by atoms with Crippen molar-refractivity contribution in [1.29, 1.82) is 0 Å². The van der Waals surface area contributed by atoms with Crippen molar-refractivity contribution in [2.24, 2.45) is 5.92 Å². The predicted octanol–water partition coefficient (Wildman–Crippen LogP) is 4.16. The summed E-state index contributed by atoms with van der Waals surface area (Å²) in [4.78, 5) is 9.13. The van der Waals surface area contributed by atoms with Gasteiger partial charge >= 0.3 is 0 Å². The number of nitrogens with zero attached hydrogens (tertiary/aromatic N) is 2. The molecule has 0 bridgehead atoms. The molecule has 1 N–H and O–H groups in total. The van der Waals surface area contributed by atoms with Crippen LogP contribution < -0.4 is 10.1 Å². The summed E-state index contributed by atoms with van der Waals surface area (Å²) in [6, 6.07) is 0. The SMILES string of the molecule is CCNc1nc(C(C)C)nc(OCCCC(C)C)c1C. The molecule has 0 amide bonds. The first-order valence-corrected chi connectivity index (χ1v) is 7.70. The maximum Gasteiger partial charge on any atom is 0.221 e. The van der Waals surface area contributed by atoms with Gasteiger partial charge in [-0.3, -0.25) is 0 Å². The summed E-state index contributed by atoms with van der Waals surface area (Å²) in [5, 5.41) is 3.29. The molecule has 1 rings (SSSR count). The van der Waals surface area contributed by atoms with Crippen LogP contribution in [-0.2, 0) is 0 Å². The Labute approximate surface area is 123 Å². The first kappa shape index (κ1) is 16.7. The third-order valence-electron chi connectivity index (χ3n) is 3.14. The second kappa shape index (κ2) is 8.08. The van der Waals surface area contributed by atoms with Crippen LogP contribution in [0.3, 0.4) is 0 Å². The molecule has 0 saturated carbocycles. The molecule has 114 valence electrons. The maximum absolute atomic E-state index is 5.87. The highest BCUT2D eigenvalue weighted by atomic mass is 16.5. The lowest BCUT2D eigenvalue weighted by Gasteiger charge is -2.15. The zero-order valence-electron chi connectivity index (χ0n) is 13.8. The molecule has 0 aromatic carbocycles. The van der Waals surface area contributed by atoms with E-state index in [0.29, 0.717) is 11.8 Å². The van der Waals surface area contributed by atoms with Gasteiger partial charge in [0.15, 0.2) is 0 Å². The van der Waals surface area contributed by atoms with Crippen LogP contribution in [0.15, 0.2) is 0 Å². The van der Waals surface area contributed by atoms with Crippen LogP contribution in [0.1, 0.15) is 64.8 Å². The van der Waals surface area contributed by atoms with E-state index >= 15 is 0 Å². The molecule has 0 fully saturated rings. The van der Waals surface area contributed by atoms with Gasteiger partial charge in [-0.15, -0.1) is 0 Å². The molecule has 0 unspecified atom stereocenters. The van der Waals surface area contributed by atoms with E-state index < -0.39 is 0 Å². The van der Waals surface area contributed by atoms with Gasteiger partial charge in [-0.1, -0.05) is 27.7 Å². The summed E-state index contributed by atoms with van der Waals surface area (Å²) >= 11 is 0. The van der Waals surface area contributed by atoms with Crippen LogP contribution in [-0.4, -0.2) is 23.1 Å². The first-order valence-electron chi connectivity index (χ1n) is 7.70. The minimum absolute atomic E-state index is 0.297. The van der Waals surface area contributed by atoms with Gasteiger partial charge in [0.05, 0.1) is 12.2 Å². The van der Waals surface area contributed by atoms with E-state index in [9.17, 15) is 0 Å². The number of ether oxygens (including phenoxy) is 1. The number of anilines is 1. The molecule has 0 aliphatic heterocycles. The van der Waals surface area contributed by atoms with Crippen LogP contribution in [0.5, 0.6) is 5.88 Å². The summed E-state index contributed by atoms with van der Waals surface area (Å²) in [5.74, 6) is 3.47. The summed E-state index contributed by atoms with van der Waals surface area (Å²) < 4.78 is 5.87. The standard InChI is InChI=1S/C16H29N3O/c1-7-17-15-13(6)16(19-14(18-15)12(4)5)20-10-8-9-11(2)3/h11-12H,7-10H2,1-6H3,(H,17,18,19). The van der Waals surface area contributed by atoms with E-state index in [1.165, 1.54) is 6.42 Å². The quantitative estimate of drug-likeness (QED) is 0.726. The van der Waals surface area contributed by atoms with Crippen LogP contribution >= 0.6 is 0 Å². The number of hydrogen-bond donors (Lipinski definition) is 1. The van der Waals surface area contributed by atoms with Crippen LogP contribution in [0.25, 0.3) is 0 Å². The van der Waals surface area contributed by atoms with Crippen LogP contribution in [0.4, 0.5) is 5.82 Å². The Morgan fingerprint density at radius 2 is 1.85 bits per heavy atom. The van der Waals surface area contributed by atoms with E-state index in [1.807, 2.05) is 6.92 Å². The van der Waals surface area contributed by atoms with E-state index in [2.05, 4.69) is 49.9 Å². The van der Waals surface area contributed by atoms with Gasteiger partial charge in [0.2, 0.25) is 5.88 Å². The Morgan fingerprint density at radius 3 is 2.40 bits per heavy atom. The fourth-order valence-electron chi connectivity index (χ4n) is 1.91. The summed E-state index contributed by atoms with van der Waals surface area (Å²) in [7, 11) is 0. The lowest BCUT2D eigenvalue weighted by atomic mass is 10.1. The minimum atomic E-state index is 0.297. The Balaban J connectivity index is 2.81. The molecular formula is C16H29N3O. The smallest absolute Gasteiger partial charge is 0.221 e. The Morgan fingerprint density at radius 1 is 1.15 bits per heavy atom. The zero-order chi connectivity index (χ0) is 15.1. The fraction of sp³-hybridized carbons (Fsp3) is 0.750. The molecule has 4 nitrogen and oxygen atoms in total. The molecule has 0 spiro atoms. The normalized spacial score (nSPS) is 11.2. The van der Waals surface area contributed by atoms with E-state index in [0.717, 1.165) is 42.7 Å². The first-order chi connectivity index (χ1) is 9.45. The molecular weight excluding hydrogens is 250 g/mol. The second-order valence-electron chi connectivity index (χ2n) is 5.93. The van der Waals surface area contributed by atoms with E-state index in [4.69, 9.17) is 4.74 Å². The fourth-order valence-corrected chi connectivity index (χ4v) is 1.91. The third kappa shape index (κ3) is 4.99. The van der Waals surface area contributed by atoms with Gasteiger partial charge in [0, 0.05) is 12.5 Å². The second-order valence-corrected chi connectivity index (χ2v) is 5.93. The molecule has 0 radical (unpaired) electrons. The number of nitrogens with one attached hydrogen (secondary N) is 1. The van der Waals surface area contributed by atoms with Gasteiger partial charge < -0.3 is 10.1 Å². The zero-order valence-corrected chi connectivity index (χ0v) is 13.8. The molecule has 1 aromatic heterocycles. The van der Waals surface area contributed by atoms with E-state index in [-0.39, 0.29) is 0 Å². The highest BCUT2D eigenvalue weighted by Crippen LogP contribution is 2.25. The minimum Gasteiger partial charge on any atom is -0.477 e. The van der Waals surface area contributed by atoms with Crippen molar-refractivity contribution in [2.45, 2.75) is 60.3 Å². The summed E-state index contributed by atoms with van der Waals surface area (Å²) in [5.41, 5.74) is 1.00. The van der Waals surface area contributed by atoms with Crippen molar-refractivity contribution in [2.75, 3.05) is 18.5 Å². The lowest BCUT2D eigenvalue weighted by molar-refractivity contribution is 0.283. The molecule has 0 saturated heterocycles. The summed E-state index contributed by atoms with van der Waals surface area (Å²) in [6.07, 6.45) is 2.25. The molecule has 0 aliphatic rings. The van der Waals surface area contributed by atoms with Crippen molar-refractivity contribution in [1.82, 2.24) is 9.97 Å². The number of rotatable bonds is 8. The number of aromatic nitrogens is 2. The Bertz CT molecular complexity index is 416. The molecule has 20 heavy (non-hydrogen) atoms. The van der Waals surface area contributed by atoms with Crippen LogP contribution in [0, 0.1) is 12.8 Å².